The van der Waals surface area contributed by atoms with Gasteiger partial charge in [-0.2, -0.15) is 0 Å². The third-order valence-corrected chi connectivity index (χ3v) is 0.467. The highest BCUT2D eigenvalue weighted by Crippen LogP contribution is 1.87. The summed E-state index contributed by atoms with van der Waals surface area (Å²) in [7, 11) is 0. The topological polar surface area (TPSA) is 53.3 Å². The third-order valence-electron chi connectivity index (χ3n) is 0.467. The van der Waals surface area contributed by atoms with Crippen LogP contribution in [0.5, 0.6) is 0 Å². The Morgan fingerprint density at radius 1 is 1.86 bits per heavy atom. The molecule has 0 aliphatic carbocycles. The van der Waals surface area contributed by atoms with Gasteiger partial charge in [0.15, 0.2) is 0 Å². The summed E-state index contributed by atoms with van der Waals surface area (Å²) >= 11 is 0. The number of carbonyl (C=O) groups is 1. The Balaban J connectivity index is 3.81. The summed E-state index contributed by atoms with van der Waals surface area (Å²) in [6.07, 6.45) is 0. The normalized spacial score (nSPS) is 7.57. The van der Waals surface area contributed by atoms with Gasteiger partial charge in [-0.3, -0.25) is 4.79 Å². The molecule has 0 aliphatic rings. The van der Waals surface area contributed by atoms with Crippen LogP contribution in [-0.2, 0) is 4.79 Å². The first-order valence-corrected chi connectivity index (χ1v) is 1.75. The first-order valence-electron chi connectivity index (χ1n) is 1.75. The first kappa shape index (κ1) is 6.01. The minimum absolute atomic E-state index is 0.301. The standard InChI is InChI=1S/C4H6N2O/c1-3(2)4(7)6-5/h5H,1H2,2H3. The third kappa shape index (κ3) is 1.81. The lowest BCUT2D eigenvalue weighted by Gasteiger charge is -1.80. The highest BCUT2D eigenvalue weighted by molar-refractivity contribution is 5.92. The van der Waals surface area contributed by atoms with Gasteiger partial charge in [-0.25, -0.2) is 5.53 Å². The zero-order chi connectivity index (χ0) is 5.86. The Morgan fingerprint density at radius 2 is 2.29 bits per heavy atom. The molecule has 3 heteroatoms. The van der Waals surface area contributed by atoms with Crippen LogP contribution >= 0.6 is 0 Å². The van der Waals surface area contributed by atoms with Crippen molar-refractivity contribution in [3.05, 3.63) is 12.2 Å². The van der Waals surface area contributed by atoms with Crippen LogP contribution in [0.3, 0.4) is 0 Å². The molecule has 0 saturated heterocycles. The molecule has 0 bridgehead atoms. The van der Waals surface area contributed by atoms with Crippen LogP contribution in [0.4, 0.5) is 0 Å². The van der Waals surface area contributed by atoms with Gasteiger partial charge in [0.05, 0.1) is 0 Å². The fourth-order valence-corrected chi connectivity index (χ4v) is 0.0954. The van der Waals surface area contributed by atoms with Crippen molar-refractivity contribution >= 4 is 5.91 Å². The Kier molecular flexibility index (Phi) is 1.91. The zero-order valence-electron chi connectivity index (χ0n) is 4.06. The molecule has 0 saturated carbocycles. The molecule has 7 heavy (non-hydrogen) atoms. The molecule has 0 spiro atoms. The van der Waals surface area contributed by atoms with E-state index in [1.807, 2.05) is 0 Å². The number of carbonyl (C=O) groups excluding carboxylic acids is 1. The van der Waals surface area contributed by atoms with Gasteiger partial charge in [0, 0.05) is 5.57 Å². The van der Waals surface area contributed by atoms with Gasteiger partial charge < -0.3 is 0 Å². The number of nitrogens with one attached hydrogen (secondary N) is 1. The number of hydrogen-bond acceptors (Lipinski definition) is 2. The van der Waals surface area contributed by atoms with E-state index < -0.39 is 5.91 Å². The largest absolute Gasteiger partial charge is 0.289 e. The Morgan fingerprint density at radius 3 is 2.29 bits per heavy atom. The highest BCUT2D eigenvalue weighted by atomic mass is 16.1. The van der Waals surface area contributed by atoms with Crippen molar-refractivity contribution in [2.24, 2.45) is 5.11 Å². The Labute approximate surface area is 41.5 Å². The fraction of sp³-hybridized carbons (Fsp3) is 0.250. The van der Waals surface area contributed by atoms with Crippen LogP contribution in [-0.4, -0.2) is 5.91 Å². The Bertz CT molecular complexity index is 117. The van der Waals surface area contributed by atoms with E-state index in [0.29, 0.717) is 5.57 Å². The van der Waals surface area contributed by atoms with Gasteiger partial charge in [-0.1, -0.05) is 6.58 Å². The van der Waals surface area contributed by atoms with Crippen LogP contribution in [0.2, 0.25) is 0 Å². The highest BCUT2D eigenvalue weighted by Gasteiger charge is 1.93. The summed E-state index contributed by atoms with van der Waals surface area (Å²) in [5, 5.41) is 2.60. The molecule has 3 nitrogen and oxygen atoms in total. The Hall–Kier alpha value is -0.990. The molecule has 1 amide bonds. The summed E-state index contributed by atoms with van der Waals surface area (Å²) in [5.41, 5.74) is 6.45. The SMILES string of the molecule is C=C(C)C(=O)N=N. The number of amides is 1. The molecular weight excluding hydrogens is 92.1 g/mol. The van der Waals surface area contributed by atoms with Crippen molar-refractivity contribution in [2.45, 2.75) is 6.92 Å². The van der Waals surface area contributed by atoms with Crippen LogP contribution in [0.1, 0.15) is 6.92 Å². The van der Waals surface area contributed by atoms with Crippen LogP contribution < -0.4 is 0 Å². The van der Waals surface area contributed by atoms with E-state index in [1.165, 1.54) is 6.92 Å². The van der Waals surface area contributed by atoms with Crippen molar-refractivity contribution in [1.29, 1.82) is 5.53 Å². The van der Waals surface area contributed by atoms with E-state index in [2.05, 4.69) is 11.7 Å². The average Bonchev–Trinajstić information content (AvgIpc) is 1.65. The van der Waals surface area contributed by atoms with Crippen molar-refractivity contribution in [3.63, 3.8) is 0 Å². The summed E-state index contributed by atoms with van der Waals surface area (Å²) in [5.74, 6) is -0.556. The summed E-state index contributed by atoms with van der Waals surface area (Å²) in [6.45, 7) is 4.78. The second-order valence-electron chi connectivity index (χ2n) is 1.20. The monoisotopic (exact) mass is 98.0 g/mol. The molecule has 0 aliphatic heterocycles. The predicted molar refractivity (Wildman–Crippen MR) is 25.0 cm³/mol. The minimum Gasteiger partial charge on any atom is -0.266 e. The lowest BCUT2D eigenvalue weighted by atomic mass is 10.3. The molecule has 0 aromatic carbocycles. The van der Waals surface area contributed by atoms with Gasteiger partial charge in [-0.15, -0.1) is 5.11 Å². The zero-order valence-corrected chi connectivity index (χ0v) is 4.06. The van der Waals surface area contributed by atoms with E-state index in [-0.39, 0.29) is 0 Å². The van der Waals surface area contributed by atoms with Crippen molar-refractivity contribution in [3.8, 4) is 0 Å². The molecular formula is C4H6N2O. The van der Waals surface area contributed by atoms with Gasteiger partial charge in [0.1, 0.15) is 0 Å². The fourth-order valence-electron chi connectivity index (χ4n) is 0.0954. The van der Waals surface area contributed by atoms with E-state index >= 15 is 0 Å². The van der Waals surface area contributed by atoms with Gasteiger partial charge in [-0.05, 0) is 6.92 Å². The van der Waals surface area contributed by atoms with Crippen molar-refractivity contribution in [2.75, 3.05) is 0 Å². The molecule has 1 N–H and O–H groups in total. The number of rotatable bonds is 1. The van der Waals surface area contributed by atoms with Crippen LogP contribution in [0.15, 0.2) is 17.3 Å². The minimum atomic E-state index is -0.556. The molecule has 0 radical (unpaired) electrons. The maximum Gasteiger partial charge on any atom is 0.289 e. The van der Waals surface area contributed by atoms with E-state index in [9.17, 15) is 4.79 Å². The number of hydrogen-bond donors (Lipinski definition) is 1. The summed E-state index contributed by atoms with van der Waals surface area (Å²) in [6, 6.07) is 0. The van der Waals surface area contributed by atoms with Gasteiger partial charge in [0.25, 0.3) is 5.91 Å². The second kappa shape index (κ2) is 2.23. The molecule has 0 atom stereocenters. The lowest BCUT2D eigenvalue weighted by Crippen LogP contribution is -1.88. The van der Waals surface area contributed by atoms with Gasteiger partial charge >= 0.3 is 0 Å². The van der Waals surface area contributed by atoms with E-state index in [1.54, 1.807) is 0 Å². The van der Waals surface area contributed by atoms with Crippen LogP contribution in [0.25, 0.3) is 0 Å². The quantitative estimate of drug-likeness (QED) is 0.387. The summed E-state index contributed by atoms with van der Waals surface area (Å²) in [4.78, 5) is 10.1. The predicted octanol–water partition coefficient (Wildman–Crippen LogP) is 1.12. The van der Waals surface area contributed by atoms with Crippen LogP contribution in [0, 0.1) is 5.53 Å². The van der Waals surface area contributed by atoms with Crippen molar-refractivity contribution in [1.82, 2.24) is 0 Å². The molecule has 0 heterocycles. The lowest BCUT2D eigenvalue weighted by molar-refractivity contribution is -0.115. The average molecular weight is 98.1 g/mol. The smallest absolute Gasteiger partial charge is 0.266 e. The first-order chi connectivity index (χ1) is 3.18. The molecule has 38 valence electrons. The summed E-state index contributed by atoms with van der Waals surface area (Å²) < 4.78 is 0. The van der Waals surface area contributed by atoms with E-state index in [0.717, 1.165) is 0 Å². The molecule has 0 rings (SSSR count). The second-order valence-corrected chi connectivity index (χ2v) is 1.20. The molecule has 0 fully saturated rings. The molecule has 0 aromatic heterocycles. The van der Waals surface area contributed by atoms with Crippen molar-refractivity contribution < 1.29 is 4.79 Å². The molecule has 0 aromatic rings. The maximum atomic E-state index is 10.1. The molecule has 0 unspecified atom stereocenters. The van der Waals surface area contributed by atoms with E-state index in [4.69, 9.17) is 5.53 Å². The van der Waals surface area contributed by atoms with Gasteiger partial charge in [0.2, 0.25) is 0 Å². The maximum absolute atomic E-state index is 10.1. The number of nitrogens with zero attached hydrogens (tertiary/aromatic N) is 1.